The fourth-order valence-corrected chi connectivity index (χ4v) is 5.08. The van der Waals surface area contributed by atoms with Gasteiger partial charge in [-0.1, -0.05) is 36.4 Å². The van der Waals surface area contributed by atoms with Gasteiger partial charge in [-0.15, -0.1) is 0 Å². The number of carbonyl (C=O) groups is 4. The Kier molecular flexibility index (Phi) is 5.85. The minimum atomic E-state index is -4.90. The molecule has 6 rings (SSSR count). The molecule has 0 radical (unpaired) electrons. The number of alkyl halides is 6. The van der Waals surface area contributed by atoms with E-state index in [0.717, 1.165) is 60.7 Å². The number of rotatable bonds is 3. The molecule has 0 atom stereocenters. The molecule has 4 aromatic rings. The van der Waals surface area contributed by atoms with Gasteiger partial charge in [-0.2, -0.15) is 26.3 Å². The van der Waals surface area contributed by atoms with Gasteiger partial charge in [0, 0.05) is 0 Å². The molecule has 2 heterocycles. The zero-order valence-corrected chi connectivity index (χ0v) is 20.6. The van der Waals surface area contributed by atoms with Crippen molar-refractivity contribution in [2.24, 2.45) is 0 Å². The Morgan fingerprint density at radius 1 is 0.381 bits per heavy atom. The molecule has 0 N–H and O–H groups in total. The lowest BCUT2D eigenvalue weighted by molar-refractivity contribution is -0.137. The first kappa shape index (κ1) is 26.9. The Bertz CT molecular complexity index is 1750. The van der Waals surface area contributed by atoms with Crippen molar-refractivity contribution in [1.82, 2.24) is 0 Å². The van der Waals surface area contributed by atoms with E-state index in [0.29, 0.717) is 0 Å². The second kappa shape index (κ2) is 9.13. The molecule has 0 saturated carbocycles. The molecule has 12 heteroatoms. The molecule has 0 unspecified atom stereocenters. The first-order valence-corrected chi connectivity index (χ1v) is 12.0. The van der Waals surface area contributed by atoms with Gasteiger partial charge in [-0.25, -0.2) is 19.2 Å². The van der Waals surface area contributed by atoms with Gasteiger partial charge < -0.3 is 9.47 Å². The summed E-state index contributed by atoms with van der Waals surface area (Å²) in [5, 5.41) is 0. The van der Waals surface area contributed by atoms with Crippen LogP contribution in [-0.2, 0) is 21.8 Å². The van der Waals surface area contributed by atoms with Crippen LogP contribution in [0.3, 0.4) is 0 Å². The van der Waals surface area contributed by atoms with Crippen LogP contribution in [0.5, 0.6) is 0 Å². The summed E-state index contributed by atoms with van der Waals surface area (Å²) in [5.41, 5.74) is -5.70. The van der Waals surface area contributed by atoms with Gasteiger partial charge in [0.05, 0.1) is 33.4 Å². The van der Waals surface area contributed by atoms with Gasteiger partial charge >= 0.3 is 36.2 Å². The average molecular weight is 582 g/mol. The number of halogens is 6. The van der Waals surface area contributed by atoms with E-state index < -0.39 is 58.5 Å². The van der Waals surface area contributed by atoms with Crippen molar-refractivity contribution in [2.75, 3.05) is 0 Å². The maximum absolute atomic E-state index is 14.1. The molecular formula is C30H12F6O6. The van der Waals surface area contributed by atoms with Crippen LogP contribution in [-0.4, -0.2) is 23.9 Å². The summed E-state index contributed by atoms with van der Waals surface area (Å²) in [7, 11) is 0. The summed E-state index contributed by atoms with van der Waals surface area (Å²) in [6.07, 6.45) is -9.80. The van der Waals surface area contributed by atoms with Crippen LogP contribution >= 0.6 is 0 Å². The molecule has 2 aliphatic rings. The molecule has 4 aromatic carbocycles. The summed E-state index contributed by atoms with van der Waals surface area (Å²) >= 11 is 0. The van der Waals surface area contributed by atoms with Crippen LogP contribution in [0.15, 0.2) is 72.8 Å². The van der Waals surface area contributed by atoms with Crippen molar-refractivity contribution in [2.45, 2.75) is 12.4 Å². The van der Waals surface area contributed by atoms with E-state index in [1.165, 1.54) is 12.1 Å². The zero-order valence-electron chi connectivity index (χ0n) is 20.6. The maximum atomic E-state index is 14.1. The number of esters is 4. The van der Waals surface area contributed by atoms with Crippen LogP contribution in [0.25, 0.3) is 33.4 Å². The fraction of sp³-hybridized carbons (Fsp3) is 0.0667. The molecule has 0 aromatic heterocycles. The van der Waals surface area contributed by atoms with Crippen molar-refractivity contribution < 1.29 is 55.0 Å². The molecule has 0 aliphatic carbocycles. The van der Waals surface area contributed by atoms with Crippen LogP contribution in [0.2, 0.25) is 0 Å². The number of hydrogen-bond acceptors (Lipinski definition) is 6. The van der Waals surface area contributed by atoms with Gasteiger partial charge in [0.15, 0.2) is 0 Å². The maximum Gasteiger partial charge on any atom is 0.417 e. The van der Waals surface area contributed by atoms with Crippen LogP contribution < -0.4 is 0 Å². The second-order valence-corrected chi connectivity index (χ2v) is 9.33. The van der Waals surface area contributed by atoms with Gasteiger partial charge in [0.1, 0.15) is 0 Å². The molecule has 0 spiro atoms. The van der Waals surface area contributed by atoms with E-state index in [-0.39, 0.29) is 44.5 Å². The minimum absolute atomic E-state index is 0.237. The van der Waals surface area contributed by atoms with Crippen molar-refractivity contribution in [3.63, 3.8) is 0 Å². The number of hydrogen-bond donors (Lipinski definition) is 0. The Morgan fingerprint density at radius 3 is 0.929 bits per heavy atom. The predicted octanol–water partition coefficient (Wildman–Crippen LogP) is 7.35. The Balaban J connectivity index is 1.77. The third-order valence-electron chi connectivity index (χ3n) is 6.90. The first-order valence-electron chi connectivity index (χ1n) is 12.0. The normalized spacial score (nSPS) is 14.5. The molecule has 0 amide bonds. The predicted molar refractivity (Wildman–Crippen MR) is 132 cm³/mol. The number of ether oxygens (including phenoxy) is 2. The van der Waals surface area contributed by atoms with Gasteiger partial charge in [0.2, 0.25) is 0 Å². The SMILES string of the molecule is O=C1OC(=O)c2cc(-c3ccccc3C(F)(F)F)c(-c3cc4c(cc3-c3ccccc3C(F)(F)F)C(=O)OC4=O)cc21. The molecule has 42 heavy (non-hydrogen) atoms. The van der Waals surface area contributed by atoms with Crippen molar-refractivity contribution in [3.05, 3.63) is 106 Å². The quantitative estimate of drug-likeness (QED) is 0.143. The highest BCUT2D eigenvalue weighted by Gasteiger charge is 2.39. The summed E-state index contributed by atoms with van der Waals surface area (Å²) in [6, 6.07) is 12.5. The lowest BCUT2D eigenvalue weighted by Gasteiger charge is -2.21. The number of fused-ring (bicyclic) bond motifs is 2. The zero-order chi connectivity index (χ0) is 30.1. The molecular weight excluding hydrogens is 570 g/mol. The van der Waals surface area contributed by atoms with Crippen molar-refractivity contribution in [1.29, 1.82) is 0 Å². The first-order chi connectivity index (χ1) is 19.8. The third-order valence-corrected chi connectivity index (χ3v) is 6.90. The van der Waals surface area contributed by atoms with E-state index in [1.54, 1.807) is 0 Å². The summed E-state index contributed by atoms with van der Waals surface area (Å²) in [4.78, 5) is 49.7. The largest absolute Gasteiger partial charge is 0.417 e. The Morgan fingerprint density at radius 2 is 0.643 bits per heavy atom. The van der Waals surface area contributed by atoms with Crippen LogP contribution in [0, 0.1) is 0 Å². The fourth-order valence-electron chi connectivity index (χ4n) is 5.08. The summed E-state index contributed by atoms with van der Waals surface area (Å²) < 4.78 is 93.9. The van der Waals surface area contributed by atoms with Gasteiger partial charge in [-0.05, 0) is 69.8 Å². The van der Waals surface area contributed by atoms with E-state index in [1.807, 2.05) is 0 Å². The molecule has 0 saturated heterocycles. The van der Waals surface area contributed by atoms with Gasteiger partial charge in [-0.3, -0.25) is 0 Å². The Labute approximate surface area is 231 Å². The topological polar surface area (TPSA) is 86.7 Å². The number of benzene rings is 4. The monoisotopic (exact) mass is 582 g/mol. The molecule has 2 aliphatic heterocycles. The smallest absolute Gasteiger partial charge is 0.386 e. The highest BCUT2D eigenvalue weighted by atomic mass is 19.4. The van der Waals surface area contributed by atoms with Crippen LogP contribution in [0.4, 0.5) is 26.3 Å². The minimum Gasteiger partial charge on any atom is -0.386 e. The lowest BCUT2D eigenvalue weighted by atomic mass is 9.83. The van der Waals surface area contributed by atoms with E-state index in [2.05, 4.69) is 9.47 Å². The summed E-state index contributed by atoms with van der Waals surface area (Å²) in [5.74, 6) is -4.50. The lowest BCUT2D eigenvalue weighted by Crippen LogP contribution is -2.09. The standard InChI is InChI=1S/C30H12F6O6/c31-29(32,33)23-7-3-1-5-13(23)15-9-19-21(27(39)41-25(19)37)11-17(15)18-12-22-20(26(38)42-28(22)40)10-16(18)14-6-2-4-8-24(14)30(34,35)36/h1-12H. The third kappa shape index (κ3) is 4.23. The Hall–Kier alpha value is -5.26. The molecule has 6 nitrogen and oxygen atoms in total. The highest BCUT2D eigenvalue weighted by molar-refractivity contribution is 6.18. The number of carbonyl (C=O) groups excluding carboxylic acids is 4. The molecule has 0 bridgehead atoms. The molecule has 210 valence electrons. The second-order valence-electron chi connectivity index (χ2n) is 9.33. The summed E-state index contributed by atoms with van der Waals surface area (Å²) in [6.45, 7) is 0. The number of cyclic esters (lactones) is 4. The van der Waals surface area contributed by atoms with Crippen molar-refractivity contribution in [3.8, 4) is 33.4 Å². The van der Waals surface area contributed by atoms with Gasteiger partial charge in [0.25, 0.3) is 0 Å². The van der Waals surface area contributed by atoms with E-state index in [9.17, 15) is 45.5 Å². The van der Waals surface area contributed by atoms with E-state index >= 15 is 0 Å². The van der Waals surface area contributed by atoms with E-state index in [4.69, 9.17) is 0 Å². The highest BCUT2D eigenvalue weighted by Crippen LogP contribution is 2.48. The van der Waals surface area contributed by atoms with Crippen LogP contribution in [0.1, 0.15) is 52.6 Å². The molecule has 0 fully saturated rings. The van der Waals surface area contributed by atoms with Crippen molar-refractivity contribution >= 4 is 23.9 Å². The average Bonchev–Trinajstić information content (AvgIpc) is 3.38.